The maximum Gasteiger partial charge on any atom is 0.227 e. The molecule has 2 N–H and O–H groups in total. The lowest BCUT2D eigenvalue weighted by Gasteiger charge is -2.06. The van der Waals surface area contributed by atoms with Crippen LogP contribution < -0.4 is 5.32 Å². The molecule has 1 aliphatic carbocycles. The predicted octanol–water partition coefficient (Wildman–Crippen LogP) is 3.88. The van der Waals surface area contributed by atoms with Crippen molar-refractivity contribution in [3.8, 4) is 11.4 Å². The van der Waals surface area contributed by atoms with Crippen LogP contribution in [0.15, 0.2) is 34.9 Å². The lowest BCUT2D eigenvalue weighted by Crippen LogP contribution is -2.13. The van der Waals surface area contributed by atoms with Gasteiger partial charge in [0.25, 0.3) is 0 Å². The molecule has 23 heavy (non-hydrogen) atoms. The number of amides is 1. The number of nitrogens with one attached hydrogen (secondary N) is 2. The number of anilines is 1. The van der Waals surface area contributed by atoms with Crippen molar-refractivity contribution in [2.75, 3.05) is 5.32 Å². The molecule has 7 heteroatoms. The highest BCUT2D eigenvalue weighted by Crippen LogP contribution is 2.31. The van der Waals surface area contributed by atoms with Crippen LogP contribution in [0.1, 0.15) is 12.8 Å². The van der Waals surface area contributed by atoms with Crippen LogP contribution in [0.5, 0.6) is 0 Å². The first-order valence-electron chi connectivity index (χ1n) is 7.22. The first-order chi connectivity index (χ1) is 11.1. The summed E-state index contributed by atoms with van der Waals surface area (Å²) in [6, 6.07) is 6.27. The van der Waals surface area contributed by atoms with E-state index >= 15 is 0 Å². The highest BCUT2D eigenvalue weighted by molar-refractivity contribution is 9.10. The molecule has 2 heterocycles. The van der Waals surface area contributed by atoms with Crippen molar-refractivity contribution in [3.05, 3.63) is 40.8 Å². The summed E-state index contributed by atoms with van der Waals surface area (Å²) in [7, 11) is 0. The van der Waals surface area contributed by atoms with Crippen molar-refractivity contribution in [2.45, 2.75) is 12.8 Å². The van der Waals surface area contributed by atoms with Crippen LogP contribution in [0.4, 0.5) is 10.1 Å². The van der Waals surface area contributed by atoms with Gasteiger partial charge in [0.2, 0.25) is 5.91 Å². The minimum atomic E-state index is -0.410. The van der Waals surface area contributed by atoms with Crippen LogP contribution in [0.3, 0.4) is 0 Å². The number of H-pyrrole nitrogens is 1. The Hall–Kier alpha value is -2.28. The number of pyridine rings is 1. The summed E-state index contributed by atoms with van der Waals surface area (Å²) in [6.07, 6.45) is 3.49. The molecule has 1 aromatic carbocycles. The number of aromatic nitrogens is 3. The zero-order chi connectivity index (χ0) is 16.0. The highest BCUT2D eigenvalue weighted by atomic mass is 79.9. The van der Waals surface area contributed by atoms with Gasteiger partial charge in [-0.05, 0) is 53.0 Å². The molecule has 116 valence electrons. The quantitative estimate of drug-likeness (QED) is 0.730. The van der Waals surface area contributed by atoms with E-state index in [4.69, 9.17) is 0 Å². The number of carbonyl (C=O) groups is 1. The van der Waals surface area contributed by atoms with Gasteiger partial charge in [0.15, 0.2) is 5.65 Å². The molecule has 1 saturated carbocycles. The van der Waals surface area contributed by atoms with Gasteiger partial charge in [-0.25, -0.2) is 14.4 Å². The van der Waals surface area contributed by atoms with E-state index in [1.165, 1.54) is 6.07 Å². The summed E-state index contributed by atoms with van der Waals surface area (Å²) in [6.45, 7) is 0. The van der Waals surface area contributed by atoms with E-state index in [0.29, 0.717) is 28.2 Å². The van der Waals surface area contributed by atoms with E-state index in [1.807, 2.05) is 0 Å². The fourth-order valence-corrected chi connectivity index (χ4v) is 2.69. The van der Waals surface area contributed by atoms with Crippen LogP contribution in [0, 0.1) is 11.7 Å². The van der Waals surface area contributed by atoms with Crippen LogP contribution in [0.25, 0.3) is 22.6 Å². The number of benzene rings is 1. The second-order valence-corrected chi connectivity index (χ2v) is 6.48. The second kappa shape index (κ2) is 5.42. The smallest absolute Gasteiger partial charge is 0.227 e. The van der Waals surface area contributed by atoms with Gasteiger partial charge in [-0.1, -0.05) is 0 Å². The number of halogens is 2. The molecule has 1 fully saturated rings. The Kier molecular flexibility index (Phi) is 3.37. The molecule has 1 aliphatic rings. The minimum Gasteiger partial charge on any atom is -0.326 e. The normalized spacial score (nSPS) is 14.2. The monoisotopic (exact) mass is 374 g/mol. The first kappa shape index (κ1) is 14.3. The van der Waals surface area contributed by atoms with Crippen molar-refractivity contribution in [1.29, 1.82) is 0 Å². The van der Waals surface area contributed by atoms with Crippen LogP contribution in [-0.4, -0.2) is 20.9 Å². The van der Waals surface area contributed by atoms with Crippen LogP contribution in [-0.2, 0) is 4.79 Å². The molecular weight excluding hydrogens is 363 g/mol. The second-order valence-electron chi connectivity index (χ2n) is 5.56. The third kappa shape index (κ3) is 2.84. The molecule has 0 spiro atoms. The summed E-state index contributed by atoms with van der Waals surface area (Å²) >= 11 is 3.33. The molecule has 0 aliphatic heterocycles. The maximum atomic E-state index is 14.2. The van der Waals surface area contributed by atoms with Gasteiger partial charge >= 0.3 is 0 Å². The van der Waals surface area contributed by atoms with Gasteiger partial charge in [-0.15, -0.1) is 0 Å². The van der Waals surface area contributed by atoms with E-state index < -0.39 is 5.82 Å². The van der Waals surface area contributed by atoms with E-state index in [9.17, 15) is 9.18 Å². The first-order valence-corrected chi connectivity index (χ1v) is 8.01. The molecule has 5 nitrogen and oxygen atoms in total. The van der Waals surface area contributed by atoms with Crippen molar-refractivity contribution >= 4 is 38.7 Å². The Morgan fingerprint density at radius 1 is 1.35 bits per heavy atom. The standard InChI is InChI=1S/C16H12BrFN4O/c17-9-5-13-15(19-7-9)22-14(21-13)11-6-10(3-4-12(11)18)20-16(23)8-1-2-8/h3-8H,1-2H2,(H,20,23)(H,19,21,22). The maximum absolute atomic E-state index is 14.2. The van der Waals surface area contributed by atoms with E-state index in [-0.39, 0.29) is 11.8 Å². The number of imidazole rings is 1. The average molecular weight is 375 g/mol. The number of hydrogen-bond donors (Lipinski definition) is 2. The zero-order valence-electron chi connectivity index (χ0n) is 11.9. The molecule has 3 aromatic rings. The number of nitrogens with zero attached hydrogens (tertiary/aromatic N) is 2. The van der Waals surface area contributed by atoms with Gasteiger partial charge in [0.05, 0.1) is 5.56 Å². The molecule has 0 atom stereocenters. The largest absolute Gasteiger partial charge is 0.326 e. The van der Waals surface area contributed by atoms with Crippen molar-refractivity contribution in [3.63, 3.8) is 0 Å². The number of rotatable bonds is 3. The van der Waals surface area contributed by atoms with Gasteiger partial charge in [0, 0.05) is 22.3 Å². The zero-order valence-corrected chi connectivity index (χ0v) is 13.5. The summed E-state index contributed by atoms with van der Waals surface area (Å²) in [5.74, 6) is 0.0483. The van der Waals surface area contributed by atoms with E-state index in [0.717, 1.165) is 17.3 Å². The predicted molar refractivity (Wildman–Crippen MR) is 88.3 cm³/mol. The van der Waals surface area contributed by atoms with Crippen molar-refractivity contribution < 1.29 is 9.18 Å². The third-order valence-electron chi connectivity index (χ3n) is 3.74. The Morgan fingerprint density at radius 3 is 2.96 bits per heavy atom. The lowest BCUT2D eigenvalue weighted by molar-refractivity contribution is -0.117. The molecule has 2 aromatic heterocycles. The van der Waals surface area contributed by atoms with Gasteiger partial charge < -0.3 is 10.3 Å². The summed E-state index contributed by atoms with van der Waals surface area (Å²) < 4.78 is 15.0. The molecule has 1 amide bonds. The van der Waals surface area contributed by atoms with Crippen molar-refractivity contribution in [2.24, 2.45) is 5.92 Å². The Balaban J connectivity index is 1.72. The number of aromatic amines is 1. The Morgan fingerprint density at radius 2 is 2.17 bits per heavy atom. The fraction of sp³-hybridized carbons (Fsp3) is 0.188. The topological polar surface area (TPSA) is 70.7 Å². The van der Waals surface area contributed by atoms with Crippen LogP contribution >= 0.6 is 15.9 Å². The van der Waals surface area contributed by atoms with E-state index in [1.54, 1.807) is 24.4 Å². The average Bonchev–Trinajstić information content (AvgIpc) is 3.29. The van der Waals surface area contributed by atoms with Gasteiger partial charge in [-0.2, -0.15) is 0 Å². The summed E-state index contributed by atoms with van der Waals surface area (Å²) in [4.78, 5) is 23.4. The fourth-order valence-electron chi connectivity index (χ4n) is 2.37. The van der Waals surface area contributed by atoms with Gasteiger partial charge in [-0.3, -0.25) is 4.79 Å². The number of hydrogen-bond acceptors (Lipinski definition) is 3. The van der Waals surface area contributed by atoms with Crippen LogP contribution in [0.2, 0.25) is 0 Å². The SMILES string of the molecule is O=C(Nc1ccc(F)c(-c2nc3cc(Br)cnc3[nH]2)c1)C1CC1. The summed E-state index contributed by atoms with van der Waals surface area (Å²) in [5.41, 5.74) is 2.08. The molecule has 4 rings (SSSR count). The lowest BCUT2D eigenvalue weighted by atomic mass is 10.1. The molecule has 0 saturated heterocycles. The molecule has 0 bridgehead atoms. The third-order valence-corrected chi connectivity index (χ3v) is 4.17. The molecule has 0 unspecified atom stereocenters. The minimum absolute atomic E-state index is 0.0160. The Labute approximate surface area is 139 Å². The summed E-state index contributed by atoms with van der Waals surface area (Å²) in [5, 5.41) is 2.81. The number of fused-ring (bicyclic) bond motifs is 1. The Bertz CT molecular complexity index is 920. The molecule has 0 radical (unpaired) electrons. The number of carbonyl (C=O) groups excluding carboxylic acids is 1. The van der Waals surface area contributed by atoms with E-state index in [2.05, 4.69) is 36.2 Å². The highest BCUT2D eigenvalue weighted by Gasteiger charge is 2.29. The van der Waals surface area contributed by atoms with Crippen molar-refractivity contribution in [1.82, 2.24) is 15.0 Å². The van der Waals surface area contributed by atoms with Gasteiger partial charge in [0.1, 0.15) is 17.2 Å². The molecular formula is C16H12BrFN4O.